The first-order valence-corrected chi connectivity index (χ1v) is 6.95. The Morgan fingerprint density at radius 3 is 2.32 bits per heavy atom. The van der Waals surface area contributed by atoms with E-state index in [1.807, 2.05) is 0 Å². The molecule has 0 heterocycles. The monoisotopic (exact) mass is 271 g/mol. The van der Waals surface area contributed by atoms with Crippen LogP contribution >= 0.6 is 0 Å². The molecule has 1 atom stereocenters. The van der Waals surface area contributed by atoms with Crippen molar-refractivity contribution in [2.24, 2.45) is 11.3 Å². The number of nitrogens with one attached hydrogen (secondary N) is 1. The van der Waals surface area contributed by atoms with Gasteiger partial charge in [0, 0.05) is 12.5 Å². The summed E-state index contributed by atoms with van der Waals surface area (Å²) in [5.74, 6) is -0.601. The van der Waals surface area contributed by atoms with Crippen LogP contribution in [0.3, 0.4) is 0 Å². The Balaban J connectivity index is 2.60. The molecular weight excluding hydrogens is 246 g/mol. The third-order valence-electron chi connectivity index (χ3n) is 3.85. The van der Waals surface area contributed by atoms with Crippen molar-refractivity contribution in [3.63, 3.8) is 0 Å². The Kier molecular flexibility index (Phi) is 5.79. The molecule has 110 valence electrons. The van der Waals surface area contributed by atoms with Crippen LogP contribution in [0, 0.1) is 11.3 Å². The third kappa shape index (κ3) is 4.20. The number of methoxy groups -OCH3 is 1. The first-order chi connectivity index (χ1) is 8.91. The zero-order valence-corrected chi connectivity index (χ0v) is 12.1. The van der Waals surface area contributed by atoms with Gasteiger partial charge in [-0.1, -0.05) is 26.7 Å². The van der Waals surface area contributed by atoms with Crippen molar-refractivity contribution in [2.45, 2.75) is 52.1 Å². The van der Waals surface area contributed by atoms with Gasteiger partial charge in [0.05, 0.1) is 6.54 Å². The fourth-order valence-electron chi connectivity index (χ4n) is 3.00. The number of rotatable bonds is 7. The number of hydrogen-bond donors (Lipinski definition) is 2. The van der Waals surface area contributed by atoms with Crippen molar-refractivity contribution in [3.05, 3.63) is 0 Å². The van der Waals surface area contributed by atoms with Crippen LogP contribution < -0.4 is 5.32 Å². The summed E-state index contributed by atoms with van der Waals surface area (Å²) in [5, 5.41) is 11.6. The molecule has 1 aliphatic carbocycles. The first-order valence-electron chi connectivity index (χ1n) is 6.95. The summed E-state index contributed by atoms with van der Waals surface area (Å²) in [6.07, 6.45) is 3.86. The van der Waals surface area contributed by atoms with E-state index in [1.54, 1.807) is 0 Å². The van der Waals surface area contributed by atoms with Gasteiger partial charge in [-0.05, 0) is 25.2 Å². The molecule has 0 aliphatic heterocycles. The van der Waals surface area contributed by atoms with Crippen LogP contribution in [-0.2, 0) is 14.3 Å². The maximum absolute atomic E-state index is 12.4. The number of carbonyl (C=O) groups excluding carboxylic acids is 1. The average molecular weight is 271 g/mol. The molecule has 0 saturated heterocycles. The molecule has 1 aliphatic rings. The average Bonchev–Trinajstić information content (AvgIpc) is 2.78. The van der Waals surface area contributed by atoms with Crippen molar-refractivity contribution in [1.82, 2.24) is 5.32 Å². The van der Waals surface area contributed by atoms with Gasteiger partial charge in [0.2, 0.25) is 5.91 Å². The zero-order chi connectivity index (χ0) is 14.5. The van der Waals surface area contributed by atoms with Gasteiger partial charge in [0.15, 0.2) is 6.10 Å². The maximum Gasteiger partial charge on any atom is 0.334 e. The smallest absolute Gasteiger partial charge is 0.334 e. The molecule has 2 N–H and O–H groups in total. The van der Waals surface area contributed by atoms with Crippen LogP contribution in [-0.4, -0.2) is 36.7 Å². The van der Waals surface area contributed by atoms with E-state index in [-0.39, 0.29) is 17.9 Å². The molecule has 0 aromatic heterocycles. The number of carboxylic acids is 1. The summed E-state index contributed by atoms with van der Waals surface area (Å²) in [4.78, 5) is 23.2. The lowest BCUT2D eigenvalue weighted by atomic mass is 9.77. The second-order valence-electron chi connectivity index (χ2n) is 5.86. The fourth-order valence-corrected chi connectivity index (χ4v) is 3.00. The van der Waals surface area contributed by atoms with Crippen LogP contribution in [0.15, 0.2) is 0 Å². The highest BCUT2D eigenvalue weighted by Gasteiger charge is 2.41. The minimum absolute atomic E-state index is 0.0120. The first kappa shape index (κ1) is 16.0. The molecule has 0 spiro atoms. The van der Waals surface area contributed by atoms with Gasteiger partial charge in [-0.25, -0.2) is 4.79 Å². The molecule has 1 rings (SSSR count). The second kappa shape index (κ2) is 6.89. The van der Waals surface area contributed by atoms with Crippen LogP contribution in [0.4, 0.5) is 0 Å². The van der Waals surface area contributed by atoms with E-state index in [4.69, 9.17) is 9.84 Å². The molecule has 1 fully saturated rings. The molecule has 0 aromatic carbocycles. The van der Waals surface area contributed by atoms with Crippen molar-refractivity contribution in [2.75, 3.05) is 13.7 Å². The summed E-state index contributed by atoms with van der Waals surface area (Å²) < 4.78 is 4.82. The quantitative estimate of drug-likeness (QED) is 0.740. The standard InChI is InChI=1S/C14H25NO4/c1-10(2)8-14(6-4-5-7-14)13(18)15-9-11(19-3)12(16)17/h10-11H,4-9H2,1-3H3,(H,15,18)(H,16,17). The van der Waals surface area contributed by atoms with E-state index < -0.39 is 12.1 Å². The van der Waals surface area contributed by atoms with Gasteiger partial charge in [0.25, 0.3) is 0 Å². The van der Waals surface area contributed by atoms with Crippen molar-refractivity contribution in [1.29, 1.82) is 0 Å². The van der Waals surface area contributed by atoms with Gasteiger partial charge in [-0.3, -0.25) is 4.79 Å². The summed E-state index contributed by atoms with van der Waals surface area (Å²) in [6.45, 7) is 4.26. The highest BCUT2D eigenvalue weighted by molar-refractivity contribution is 5.83. The lowest BCUT2D eigenvalue weighted by Crippen LogP contribution is -2.45. The van der Waals surface area contributed by atoms with Gasteiger partial charge in [-0.15, -0.1) is 0 Å². The molecule has 1 saturated carbocycles. The summed E-state index contributed by atoms with van der Waals surface area (Å²) in [6, 6.07) is 0. The van der Waals surface area contributed by atoms with Crippen molar-refractivity contribution in [3.8, 4) is 0 Å². The topological polar surface area (TPSA) is 75.6 Å². The molecule has 1 amide bonds. The molecule has 0 aromatic rings. The third-order valence-corrected chi connectivity index (χ3v) is 3.85. The summed E-state index contributed by atoms with van der Waals surface area (Å²) >= 11 is 0. The van der Waals surface area contributed by atoms with E-state index in [2.05, 4.69) is 19.2 Å². The van der Waals surface area contributed by atoms with Crippen molar-refractivity contribution < 1.29 is 19.4 Å². The molecular formula is C14H25NO4. The second-order valence-corrected chi connectivity index (χ2v) is 5.86. The minimum atomic E-state index is -1.05. The van der Waals surface area contributed by atoms with Crippen molar-refractivity contribution >= 4 is 11.9 Å². The van der Waals surface area contributed by atoms with Crippen LogP contribution in [0.1, 0.15) is 46.0 Å². The Morgan fingerprint density at radius 2 is 1.89 bits per heavy atom. The highest BCUT2D eigenvalue weighted by Crippen LogP contribution is 2.43. The number of amides is 1. The predicted octanol–water partition coefficient (Wildman–Crippen LogP) is 1.81. The Labute approximate surface area is 114 Å². The van der Waals surface area contributed by atoms with Gasteiger partial charge < -0.3 is 15.2 Å². The fraction of sp³-hybridized carbons (Fsp3) is 0.857. The van der Waals surface area contributed by atoms with E-state index in [1.165, 1.54) is 7.11 Å². The maximum atomic E-state index is 12.4. The van der Waals surface area contributed by atoms with E-state index in [0.29, 0.717) is 5.92 Å². The molecule has 5 heteroatoms. The van der Waals surface area contributed by atoms with Crippen LogP contribution in [0.2, 0.25) is 0 Å². The molecule has 1 unspecified atom stereocenters. The number of ether oxygens (including phenoxy) is 1. The largest absolute Gasteiger partial charge is 0.479 e. The Morgan fingerprint density at radius 1 is 1.32 bits per heavy atom. The molecule has 5 nitrogen and oxygen atoms in total. The van der Waals surface area contributed by atoms with Gasteiger partial charge in [-0.2, -0.15) is 0 Å². The highest BCUT2D eigenvalue weighted by atomic mass is 16.5. The molecule has 19 heavy (non-hydrogen) atoms. The SMILES string of the molecule is COC(CNC(=O)C1(CC(C)C)CCCC1)C(=O)O. The number of aliphatic carboxylic acids is 1. The Hall–Kier alpha value is -1.10. The van der Waals surface area contributed by atoms with E-state index in [0.717, 1.165) is 32.1 Å². The van der Waals surface area contributed by atoms with Crippen LogP contribution in [0.25, 0.3) is 0 Å². The predicted molar refractivity (Wildman–Crippen MR) is 71.8 cm³/mol. The summed E-state index contributed by atoms with van der Waals surface area (Å²) in [7, 11) is 1.34. The van der Waals surface area contributed by atoms with E-state index >= 15 is 0 Å². The minimum Gasteiger partial charge on any atom is -0.479 e. The summed E-state index contributed by atoms with van der Waals surface area (Å²) in [5.41, 5.74) is -0.301. The van der Waals surface area contributed by atoms with Crippen LogP contribution in [0.5, 0.6) is 0 Å². The molecule has 0 bridgehead atoms. The number of carbonyl (C=O) groups is 2. The van der Waals surface area contributed by atoms with E-state index in [9.17, 15) is 9.59 Å². The normalized spacial score (nSPS) is 19.4. The van der Waals surface area contributed by atoms with Gasteiger partial charge >= 0.3 is 5.97 Å². The number of hydrogen-bond acceptors (Lipinski definition) is 3. The zero-order valence-electron chi connectivity index (χ0n) is 12.1. The lowest BCUT2D eigenvalue weighted by Gasteiger charge is -2.30. The lowest BCUT2D eigenvalue weighted by molar-refractivity contribution is -0.148. The molecule has 0 radical (unpaired) electrons. The Bertz CT molecular complexity index is 321. The van der Waals surface area contributed by atoms with Gasteiger partial charge in [0.1, 0.15) is 0 Å². The number of carboxylic acid groups (broad SMARTS) is 1.